The van der Waals surface area contributed by atoms with Crippen molar-refractivity contribution in [1.29, 1.82) is 0 Å². The summed E-state index contributed by atoms with van der Waals surface area (Å²) in [4.78, 5) is 0. The van der Waals surface area contributed by atoms with Crippen molar-refractivity contribution in [1.82, 2.24) is 0 Å². The second-order valence-electron chi connectivity index (χ2n) is 2.56. The van der Waals surface area contributed by atoms with Gasteiger partial charge in [-0.25, -0.2) is 0 Å². The maximum absolute atomic E-state index is 5.56. The maximum Gasteiger partial charge on any atom is 0.0223 e. The molecule has 1 heteroatoms. The van der Waals surface area contributed by atoms with E-state index in [9.17, 15) is 0 Å². The number of aryl methyl sites for hydroxylation is 1. The molecule has 0 amide bonds. The van der Waals surface area contributed by atoms with Crippen molar-refractivity contribution in [2.75, 3.05) is 5.88 Å². The lowest BCUT2D eigenvalue weighted by atomic mass is 10.1. The third kappa shape index (κ3) is 3.43. The Hall–Kier alpha value is -0.490. The molecule has 1 radical (unpaired) electrons. The average Bonchev–Trinajstić information content (AvgIpc) is 2.07. The third-order valence-electron chi connectivity index (χ3n) is 1.62. The van der Waals surface area contributed by atoms with Crippen LogP contribution in [-0.2, 0) is 6.42 Å². The molecule has 0 heterocycles. The summed E-state index contributed by atoms with van der Waals surface area (Å²) < 4.78 is 0. The molecule has 0 atom stereocenters. The van der Waals surface area contributed by atoms with Crippen LogP contribution in [0.2, 0.25) is 0 Å². The number of unbranched alkanes of at least 4 members (excludes halogenated alkanes) is 1. The monoisotopic (exact) mass is 167 g/mol. The quantitative estimate of drug-likeness (QED) is 0.478. The van der Waals surface area contributed by atoms with Crippen molar-refractivity contribution in [3.05, 3.63) is 35.9 Å². The van der Waals surface area contributed by atoms with Crippen LogP contribution in [0.5, 0.6) is 0 Å². The molecular weight excluding hydrogens is 156 g/mol. The largest absolute Gasteiger partial charge is 0.127 e. The Labute approximate surface area is 73.2 Å². The molecule has 1 aromatic carbocycles. The van der Waals surface area contributed by atoms with E-state index in [1.54, 1.807) is 0 Å². The third-order valence-corrected chi connectivity index (χ3v) is 1.89. The van der Waals surface area contributed by atoms with E-state index in [-0.39, 0.29) is 0 Å². The first-order valence-electron chi connectivity index (χ1n) is 3.94. The highest BCUT2D eigenvalue weighted by Gasteiger charge is 1.90. The summed E-state index contributed by atoms with van der Waals surface area (Å²) >= 11 is 5.56. The van der Waals surface area contributed by atoms with Gasteiger partial charge in [0.1, 0.15) is 0 Å². The Kier molecular flexibility index (Phi) is 4.07. The van der Waals surface area contributed by atoms with Crippen molar-refractivity contribution in [3.63, 3.8) is 0 Å². The van der Waals surface area contributed by atoms with Gasteiger partial charge < -0.3 is 0 Å². The minimum absolute atomic E-state index is 0.774. The number of alkyl halides is 1. The van der Waals surface area contributed by atoms with E-state index in [0.29, 0.717) is 0 Å². The van der Waals surface area contributed by atoms with Crippen molar-refractivity contribution in [2.45, 2.75) is 19.3 Å². The molecule has 0 saturated carbocycles. The number of hydrogen-bond acceptors (Lipinski definition) is 0. The van der Waals surface area contributed by atoms with Gasteiger partial charge in [0.25, 0.3) is 0 Å². The van der Waals surface area contributed by atoms with Gasteiger partial charge in [-0.2, -0.15) is 0 Å². The number of rotatable bonds is 4. The normalized spacial score (nSPS) is 9.91. The average molecular weight is 168 g/mol. The minimum atomic E-state index is 0.774. The van der Waals surface area contributed by atoms with E-state index in [1.165, 1.54) is 12.0 Å². The van der Waals surface area contributed by atoms with Crippen LogP contribution >= 0.6 is 11.6 Å². The highest BCUT2D eigenvalue weighted by Crippen LogP contribution is 2.04. The van der Waals surface area contributed by atoms with Crippen molar-refractivity contribution >= 4 is 11.6 Å². The van der Waals surface area contributed by atoms with E-state index in [0.717, 1.165) is 18.7 Å². The fourth-order valence-electron chi connectivity index (χ4n) is 1.01. The lowest BCUT2D eigenvalue weighted by molar-refractivity contribution is 0.800. The Balaban J connectivity index is 2.28. The molecule has 0 aliphatic carbocycles. The molecule has 0 aliphatic rings. The van der Waals surface area contributed by atoms with Gasteiger partial charge in [-0.05, 0) is 30.9 Å². The van der Waals surface area contributed by atoms with E-state index in [2.05, 4.69) is 12.1 Å². The molecule has 0 aromatic heterocycles. The molecule has 1 aromatic rings. The second kappa shape index (κ2) is 5.20. The van der Waals surface area contributed by atoms with Crippen LogP contribution in [-0.4, -0.2) is 5.88 Å². The van der Waals surface area contributed by atoms with Crippen LogP contribution in [0.15, 0.2) is 24.3 Å². The first-order valence-corrected chi connectivity index (χ1v) is 4.48. The Morgan fingerprint density at radius 1 is 1.36 bits per heavy atom. The fraction of sp³-hybridized carbons (Fsp3) is 0.400. The summed E-state index contributed by atoms with van der Waals surface area (Å²) in [6.45, 7) is 0. The molecule has 0 saturated heterocycles. The zero-order valence-electron chi connectivity index (χ0n) is 6.52. The van der Waals surface area contributed by atoms with Gasteiger partial charge in [-0.1, -0.05) is 24.3 Å². The molecule has 1 rings (SSSR count). The first kappa shape index (κ1) is 8.61. The van der Waals surface area contributed by atoms with E-state index in [1.807, 2.05) is 18.2 Å². The van der Waals surface area contributed by atoms with Gasteiger partial charge >= 0.3 is 0 Å². The second-order valence-corrected chi connectivity index (χ2v) is 2.94. The molecular formula is C10H12Cl. The van der Waals surface area contributed by atoms with Crippen LogP contribution < -0.4 is 0 Å². The molecule has 0 bridgehead atoms. The Morgan fingerprint density at radius 2 is 2.27 bits per heavy atom. The van der Waals surface area contributed by atoms with Crippen LogP contribution in [0.4, 0.5) is 0 Å². The smallest absolute Gasteiger partial charge is 0.0223 e. The first-order chi connectivity index (χ1) is 5.43. The van der Waals surface area contributed by atoms with Gasteiger partial charge in [0, 0.05) is 5.88 Å². The van der Waals surface area contributed by atoms with Crippen LogP contribution in [0.25, 0.3) is 0 Å². The van der Waals surface area contributed by atoms with Crippen LogP contribution in [0, 0.1) is 6.07 Å². The molecule has 0 N–H and O–H groups in total. The SMILES string of the molecule is ClCCCCc1c[c]ccc1. The van der Waals surface area contributed by atoms with E-state index >= 15 is 0 Å². The number of benzene rings is 1. The maximum atomic E-state index is 5.56. The molecule has 0 aliphatic heterocycles. The highest BCUT2D eigenvalue weighted by atomic mass is 35.5. The molecule has 0 unspecified atom stereocenters. The Morgan fingerprint density at radius 3 is 2.91 bits per heavy atom. The lowest BCUT2D eigenvalue weighted by Gasteiger charge is -1.97. The summed E-state index contributed by atoms with van der Waals surface area (Å²) in [6, 6.07) is 11.2. The van der Waals surface area contributed by atoms with Crippen molar-refractivity contribution < 1.29 is 0 Å². The van der Waals surface area contributed by atoms with Crippen molar-refractivity contribution in [3.8, 4) is 0 Å². The number of hydrogen-bond donors (Lipinski definition) is 0. The molecule has 0 nitrogen and oxygen atoms in total. The lowest BCUT2D eigenvalue weighted by Crippen LogP contribution is -1.84. The molecule has 11 heavy (non-hydrogen) atoms. The van der Waals surface area contributed by atoms with Crippen LogP contribution in [0.1, 0.15) is 18.4 Å². The minimum Gasteiger partial charge on any atom is -0.127 e. The summed E-state index contributed by atoms with van der Waals surface area (Å²) in [5, 5.41) is 0. The van der Waals surface area contributed by atoms with E-state index < -0.39 is 0 Å². The molecule has 0 fully saturated rings. The van der Waals surface area contributed by atoms with Gasteiger partial charge in [-0.3, -0.25) is 0 Å². The summed E-state index contributed by atoms with van der Waals surface area (Å²) in [6.07, 6.45) is 3.42. The van der Waals surface area contributed by atoms with Gasteiger partial charge in [0.2, 0.25) is 0 Å². The summed E-state index contributed by atoms with van der Waals surface area (Å²) in [5.41, 5.74) is 1.36. The van der Waals surface area contributed by atoms with Gasteiger partial charge in [0.15, 0.2) is 0 Å². The number of halogens is 1. The van der Waals surface area contributed by atoms with Crippen LogP contribution in [0.3, 0.4) is 0 Å². The molecule has 59 valence electrons. The predicted octanol–water partition coefficient (Wildman–Crippen LogP) is 3.05. The van der Waals surface area contributed by atoms with Gasteiger partial charge in [-0.15, -0.1) is 11.6 Å². The van der Waals surface area contributed by atoms with Crippen molar-refractivity contribution in [2.24, 2.45) is 0 Å². The summed E-state index contributed by atoms with van der Waals surface area (Å²) in [7, 11) is 0. The zero-order valence-corrected chi connectivity index (χ0v) is 7.27. The summed E-state index contributed by atoms with van der Waals surface area (Å²) in [5.74, 6) is 0.774. The zero-order chi connectivity index (χ0) is 7.94. The predicted molar refractivity (Wildman–Crippen MR) is 48.9 cm³/mol. The standard InChI is InChI=1S/C10H12Cl/c11-9-5-4-8-10-6-2-1-3-7-10/h1-2,6-7H,4-5,8-9H2. The fourth-order valence-corrected chi connectivity index (χ4v) is 1.20. The highest BCUT2D eigenvalue weighted by molar-refractivity contribution is 6.17. The Bertz CT molecular complexity index is 181. The topological polar surface area (TPSA) is 0 Å². The molecule has 0 spiro atoms. The van der Waals surface area contributed by atoms with Gasteiger partial charge in [0.05, 0.1) is 0 Å². The van der Waals surface area contributed by atoms with E-state index in [4.69, 9.17) is 11.6 Å².